The molecule has 0 aliphatic carbocycles. The van der Waals surface area contributed by atoms with Gasteiger partial charge in [0.1, 0.15) is 0 Å². The Kier molecular flexibility index (Phi) is 8.68. The SMILES string of the molecule is Cc1ccccc1CS(=O)(=O)N1CCC(C(=O)Nc2ccc(S(=O)(=O)Nc3cc(Cl)cc(Cl)c3)cc2)CC1. The van der Waals surface area contributed by atoms with Crippen LogP contribution in [0.3, 0.4) is 0 Å². The van der Waals surface area contributed by atoms with E-state index in [1.165, 1.54) is 46.8 Å². The number of nitrogens with one attached hydrogen (secondary N) is 2. The van der Waals surface area contributed by atoms with Gasteiger partial charge in [-0.2, -0.15) is 0 Å². The van der Waals surface area contributed by atoms with E-state index in [2.05, 4.69) is 10.0 Å². The number of hydrogen-bond donors (Lipinski definition) is 2. The van der Waals surface area contributed by atoms with Gasteiger partial charge in [0.05, 0.1) is 16.3 Å². The third-order valence-corrected chi connectivity index (χ3v) is 10.0. The van der Waals surface area contributed by atoms with Crippen LogP contribution in [-0.4, -0.2) is 40.1 Å². The first-order valence-corrected chi connectivity index (χ1v) is 15.7. The molecule has 0 aromatic heterocycles. The highest BCUT2D eigenvalue weighted by Gasteiger charge is 2.31. The van der Waals surface area contributed by atoms with E-state index in [1.807, 2.05) is 31.2 Å². The Morgan fingerprint density at radius 1 is 0.895 bits per heavy atom. The van der Waals surface area contributed by atoms with Gasteiger partial charge in [0.2, 0.25) is 15.9 Å². The Bertz CT molecular complexity index is 1520. The van der Waals surface area contributed by atoms with E-state index in [1.54, 1.807) is 0 Å². The van der Waals surface area contributed by atoms with E-state index in [-0.39, 0.29) is 41.3 Å². The van der Waals surface area contributed by atoms with E-state index in [0.29, 0.717) is 28.6 Å². The Balaban J connectivity index is 1.33. The summed E-state index contributed by atoms with van der Waals surface area (Å²) in [5, 5.41) is 3.39. The second kappa shape index (κ2) is 11.6. The molecule has 12 heteroatoms. The molecular formula is C26H27Cl2N3O5S2. The molecule has 0 bridgehead atoms. The van der Waals surface area contributed by atoms with Crippen molar-refractivity contribution in [1.29, 1.82) is 0 Å². The minimum Gasteiger partial charge on any atom is -0.326 e. The van der Waals surface area contributed by atoms with Crippen LogP contribution in [0.2, 0.25) is 10.0 Å². The molecule has 1 fully saturated rings. The van der Waals surface area contributed by atoms with Gasteiger partial charge in [0.25, 0.3) is 10.0 Å². The molecule has 4 rings (SSSR count). The second-order valence-electron chi connectivity index (χ2n) is 9.13. The number of hydrogen-bond acceptors (Lipinski definition) is 5. The van der Waals surface area contributed by atoms with Gasteiger partial charge < -0.3 is 5.32 Å². The molecule has 0 atom stereocenters. The van der Waals surface area contributed by atoms with Crippen molar-refractivity contribution in [3.8, 4) is 0 Å². The number of benzene rings is 3. The summed E-state index contributed by atoms with van der Waals surface area (Å²) >= 11 is 11.9. The molecule has 1 amide bonds. The van der Waals surface area contributed by atoms with Crippen molar-refractivity contribution >= 4 is 60.5 Å². The summed E-state index contributed by atoms with van der Waals surface area (Å²) in [4.78, 5) is 12.8. The van der Waals surface area contributed by atoms with Gasteiger partial charge in [-0.1, -0.05) is 47.5 Å². The molecule has 1 aliphatic rings. The van der Waals surface area contributed by atoms with Crippen LogP contribution in [0.4, 0.5) is 11.4 Å². The standard InChI is InChI=1S/C26H27Cl2N3O5S2/c1-18-4-2-3-5-20(18)17-37(33,34)31-12-10-19(11-13-31)26(32)29-23-6-8-25(9-7-23)38(35,36)30-24-15-21(27)14-22(28)16-24/h2-9,14-16,19,30H,10-13,17H2,1H3,(H,29,32). The second-order valence-corrected chi connectivity index (χ2v) is 13.7. The lowest BCUT2D eigenvalue weighted by Crippen LogP contribution is -2.41. The Morgan fingerprint density at radius 2 is 1.50 bits per heavy atom. The van der Waals surface area contributed by atoms with Crippen molar-refractivity contribution in [3.63, 3.8) is 0 Å². The first-order valence-electron chi connectivity index (χ1n) is 11.9. The van der Waals surface area contributed by atoms with Gasteiger partial charge in [-0.3, -0.25) is 9.52 Å². The van der Waals surface area contributed by atoms with Crippen LogP contribution in [0.25, 0.3) is 0 Å². The smallest absolute Gasteiger partial charge is 0.261 e. The fourth-order valence-corrected chi connectivity index (χ4v) is 7.48. The molecule has 202 valence electrons. The van der Waals surface area contributed by atoms with Crippen LogP contribution >= 0.6 is 23.2 Å². The third kappa shape index (κ3) is 7.06. The molecule has 0 radical (unpaired) electrons. The predicted octanol–water partition coefficient (Wildman–Crippen LogP) is 5.28. The van der Waals surface area contributed by atoms with Gasteiger partial charge in [0.15, 0.2) is 0 Å². The van der Waals surface area contributed by atoms with E-state index in [9.17, 15) is 21.6 Å². The Morgan fingerprint density at radius 3 is 2.11 bits per heavy atom. The summed E-state index contributed by atoms with van der Waals surface area (Å²) in [6.07, 6.45) is 0.800. The van der Waals surface area contributed by atoms with Gasteiger partial charge >= 0.3 is 0 Å². The number of carbonyl (C=O) groups excluding carboxylic acids is 1. The normalized spacial score (nSPS) is 15.2. The molecule has 1 heterocycles. The first-order chi connectivity index (χ1) is 17.9. The summed E-state index contributed by atoms with van der Waals surface area (Å²) in [6.45, 7) is 2.42. The third-order valence-electron chi connectivity index (χ3n) is 6.36. The fraction of sp³-hybridized carbons (Fsp3) is 0.269. The number of amides is 1. The summed E-state index contributed by atoms with van der Waals surface area (Å²) in [5.74, 6) is -0.647. The maximum atomic E-state index is 12.9. The highest BCUT2D eigenvalue weighted by Crippen LogP contribution is 2.26. The minimum atomic E-state index is -3.90. The zero-order valence-corrected chi connectivity index (χ0v) is 23.7. The highest BCUT2D eigenvalue weighted by molar-refractivity contribution is 7.92. The number of nitrogens with zero attached hydrogens (tertiary/aromatic N) is 1. The number of rotatable bonds is 8. The maximum Gasteiger partial charge on any atom is 0.261 e. The van der Waals surface area contributed by atoms with Crippen LogP contribution < -0.4 is 10.0 Å². The summed E-state index contributed by atoms with van der Waals surface area (Å²) in [5.41, 5.74) is 2.36. The number of aryl methyl sites for hydroxylation is 1. The molecule has 0 saturated carbocycles. The summed E-state index contributed by atoms with van der Waals surface area (Å²) < 4.78 is 55.1. The lowest BCUT2D eigenvalue weighted by atomic mass is 9.97. The fourth-order valence-electron chi connectivity index (χ4n) is 4.24. The van der Waals surface area contributed by atoms with Crippen molar-refractivity contribution < 1.29 is 21.6 Å². The van der Waals surface area contributed by atoms with E-state index < -0.39 is 20.0 Å². The van der Waals surface area contributed by atoms with Crippen molar-refractivity contribution in [1.82, 2.24) is 4.31 Å². The molecule has 2 N–H and O–H groups in total. The molecule has 0 spiro atoms. The average Bonchev–Trinajstić information content (AvgIpc) is 2.85. The van der Waals surface area contributed by atoms with Crippen LogP contribution in [0.15, 0.2) is 71.6 Å². The predicted molar refractivity (Wildman–Crippen MR) is 150 cm³/mol. The molecule has 3 aromatic rings. The van der Waals surface area contributed by atoms with E-state index >= 15 is 0 Å². The highest BCUT2D eigenvalue weighted by atomic mass is 35.5. The Hall–Kier alpha value is -2.63. The number of piperidine rings is 1. The zero-order valence-electron chi connectivity index (χ0n) is 20.5. The van der Waals surface area contributed by atoms with Gasteiger partial charge in [-0.25, -0.2) is 21.1 Å². The maximum absolute atomic E-state index is 12.9. The Labute approximate surface area is 233 Å². The lowest BCUT2D eigenvalue weighted by Gasteiger charge is -2.30. The van der Waals surface area contributed by atoms with Gasteiger partial charge in [-0.05, 0) is 73.4 Å². The number of anilines is 2. The van der Waals surface area contributed by atoms with Gasteiger partial charge in [0, 0.05) is 34.7 Å². The van der Waals surface area contributed by atoms with Crippen LogP contribution in [0.1, 0.15) is 24.0 Å². The largest absolute Gasteiger partial charge is 0.326 e. The quantitative estimate of drug-likeness (QED) is 0.367. The molecule has 8 nitrogen and oxygen atoms in total. The molecule has 38 heavy (non-hydrogen) atoms. The van der Waals surface area contributed by atoms with E-state index in [4.69, 9.17) is 23.2 Å². The van der Waals surface area contributed by atoms with Gasteiger partial charge in [-0.15, -0.1) is 0 Å². The van der Waals surface area contributed by atoms with Crippen molar-refractivity contribution in [2.75, 3.05) is 23.1 Å². The monoisotopic (exact) mass is 595 g/mol. The lowest BCUT2D eigenvalue weighted by molar-refractivity contribution is -0.120. The zero-order chi connectivity index (χ0) is 27.5. The van der Waals surface area contributed by atoms with Crippen molar-refractivity contribution in [2.24, 2.45) is 5.92 Å². The van der Waals surface area contributed by atoms with E-state index in [0.717, 1.165) is 11.1 Å². The van der Waals surface area contributed by atoms with Crippen molar-refractivity contribution in [2.45, 2.75) is 30.4 Å². The molecule has 0 unspecified atom stereocenters. The number of halogens is 2. The van der Waals surface area contributed by atoms with Crippen LogP contribution in [-0.2, 0) is 30.6 Å². The van der Waals surface area contributed by atoms with Crippen molar-refractivity contribution in [3.05, 3.63) is 87.9 Å². The summed E-state index contributed by atoms with van der Waals surface area (Å²) in [7, 11) is -7.39. The van der Waals surface area contributed by atoms with Crippen LogP contribution in [0, 0.1) is 12.8 Å². The first kappa shape index (κ1) is 28.4. The number of sulfonamides is 2. The molecule has 1 saturated heterocycles. The average molecular weight is 597 g/mol. The summed E-state index contributed by atoms with van der Waals surface area (Å²) in [6, 6.07) is 17.5. The number of carbonyl (C=O) groups is 1. The molecule has 3 aromatic carbocycles. The minimum absolute atomic E-state index is 0.00114. The topological polar surface area (TPSA) is 113 Å². The molecular weight excluding hydrogens is 569 g/mol. The van der Waals surface area contributed by atoms with Crippen LogP contribution in [0.5, 0.6) is 0 Å². The molecule has 1 aliphatic heterocycles.